The standard InChI is InChI=1S/C13H20N2S/c1-15(10-5-8-13(14)16)11-9-12-6-3-2-4-7-12/h2-4,6-7H,5,8-11H2,1H3,(H2,14,16). The third kappa shape index (κ3) is 5.83. The molecule has 0 fully saturated rings. The summed E-state index contributed by atoms with van der Waals surface area (Å²) >= 11 is 4.85. The summed E-state index contributed by atoms with van der Waals surface area (Å²) in [4.78, 5) is 2.95. The SMILES string of the molecule is CN(CCCC(N)=S)CCc1ccccc1. The average Bonchev–Trinajstić information content (AvgIpc) is 2.27. The fraction of sp³-hybridized carbons (Fsp3) is 0.462. The minimum absolute atomic E-state index is 0.622. The van der Waals surface area contributed by atoms with Crippen molar-refractivity contribution < 1.29 is 0 Å². The average molecular weight is 236 g/mol. The van der Waals surface area contributed by atoms with E-state index in [9.17, 15) is 0 Å². The zero-order valence-electron chi connectivity index (χ0n) is 9.86. The third-order valence-corrected chi connectivity index (χ3v) is 2.79. The Bertz CT molecular complexity index is 311. The maximum Gasteiger partial charge on any atom is 0.0727 e. The van der Waals surface area contributed by atoms with Crippen LogP contribution in [0.1, 0.15) is 18.4 Å². The fourth-order valence-corrected chi connectivity index (χ4v) is 1.74. The smallest absolute Gasteiger partial charge is 0.0727 e. The van der Waals surface area contributed by atoms with Crippen LogP contribution in [0.25, 0.3) is 0 Å². The van der Waals surface area contributed by atoms with Gasteiger partial charge in [0.15, 0.2) is 0 Å². The van der Waals surface area contributed by atoms with E-state index >= 15 is 0 Å². The molecule has 0 bridgehead atoms. The summed E-state index contributed by atoms with van der Waals surface area (Å²) in [5.41, 5.74) is 6.85. The van der Waals surface area contributed by atoms with Crippen molar-refractivity contribution in [1.29, 1.82) is 0 Å². The normalized spacial score (nSPS) is 10.6. The van der Waals surface area contributed by atoms with E-state index in [2.05, 4.69) is 42.3 Å². The lowest BCUT2D eigenvalue weighted by atomic mass is 10.1. The predicted molar refractivity (Wildman–Crippen MR) is 73.7 cm³/mol. The molecule has 0 radical (unpaired) electrons. The van der Waals surface area contributed by atoms with Crippen LogP contribution in [0.3, 0.4) is 0 Å². The van der Waals surface area contributed by atoms with Gasteiger partial charge in [-0.05, 0) is 38.4 Å². The van der Waals surface area contributed by atoms with Crippen molar-refractivity contribution in [2.24, 2.45) is 5.73 Å². The molecule has 0 heterocycles. The minimum Gasteiger partial charge on any atom is -0.393 e. The molecule has 0 spiro atoms. The van der Waals surface area contributed by atoms with E-state index in [0.717, 1.165) is 32.4 Å². The summed E-state index contributed by atoms with van der Waals surface area (Å²) in [5.74, 6) is 0. The van der Waals surface area contributed by atoms with Gasteiger partial charge in [0, 0.05) is 6.54 Å². The lowest BCUT2D eigenvalue weighted by Gasteiger charge is -2.16. The van der Waals surface area contributed by atoms with Crippen LogP contribution < -0.4 is 5.73 Å². The first-order valence-corrected chi connectivity index (χ1v) is 6.10. The molecule has 0 unspecified atom stereocenters. The number of nitrogens with zero attached hydrogens (tertiary/aromatic N) is 1. The third-order valence-electron chi connectivity index (χ3n) is 2.59. The Morgan fingerprint density at radius 1 is 1.25 bits per heavy atom. The molecule has 1 aromatic carbocycles. The van der Waals surface area contributed by atoms with Crippen LogP contribution in [0.4, 0.5) is 0 Å². The Kier molecular flexibility index (Phi) is 6.04. The first kappa shape index (κ1) is 13.1. The van der Waals surface area contributed by atoms with E-state index < -0.39 is 0 Å². The largest absolute Gasteiger partial charge is 0.393 e. The molecule has 1 aromatic rings. The van der Waals surface area contributed by atoms with E-state index in [0.29, 0.717) is 4.99 Å². The van der Waals surface area contributed by atoms with Crippen molar-refractivity contribution >= 4 is 17.2 Å². The van der Waals surface area contributed by atoms with Gasteiger partial charge in [-0.1, -0.05) is 42.5 Å². The number of hydrogen-bond donors (Lipinski definition) is 1. The molecule has 88 valence electrons. The van der Waals surface area contributed by atoms with Crippen molar-refractivity contribution in [3.05, 3.63) is 35.9 Å². The molecule has 3 heteroatoms. The van der Waals surface area contributed by atoms with E-state index in [4.69, 9.17) is 18.0 Å². The molecule has 2 N–H and O–H groups in total. The van der Waals surface area contributed by atoms with Crippen LogP contribution >= 0.6 is 12.2 Å². The molecule has 0 aliphatic carbocycles. The highest BCUT2D eigenvalue weighted by molar-refractivity contribution is 7.80. The molecule has 0 saturated heterocycles. The second-order valence-electron chi connectivity index (χ2n) is 4.11. The molecule has 0 saturated carbocycles. The van der Waals surface area contributed by atoms with E-state index in [1.165, 1.54) is 5.56 Å². The number of nitrogens with two attached hydrogens (primary N) is 1. The van der Waals surface area contributed by atoms with Crippen molar-refractivity contribution in [1.82, 2.24) is 4.90 Å². The molecule has 0 aromatic heterocycles. The fourth-order valence-electron chi connectivity index (χ4n) is 1.60. The van der Waals surface area contributed by atoms with Gasteiger partial charge in [0.2, 0.25) is 0 Å². The van der Waals surface area contributed by atoms with Gasteiger partial charge >= 0.3 is 0 Å². The van der Waals surface area contributed by atoms with Crippen LogP contribution in [-0.4, -0.2) is 30.0 Å². The van der Waals surface area contributed by atoms with Gasteiger partial charge in [0.05, 0.1) is 4.99 Å². The second-order valence-corrected chi connectivity index (χ2v) is 4.63. The summed E-state index contributed by atoms with van der Waals surface area (Å²) < 4.78 is 0. The first-order valence-electron chi connectivity index (χ1n) is 5.69. The number of rotatable bonds is 7. The molecule has 0 atom stereocenters. The zero-order valence-corrected chi connectivity index (χ0v) is 10.7. The van der Waals surface area contributed by atoms with Crippen molar-refractivity contribution in [2.75, 3.05) is 20.1 Å². The van der Waals surface area contributed by atoms with Gasteiger partial charge in [0.1, 0.15) is 0 Å². The summed E-state index contributed by atoms with van der Waals surface area (Å²) in [6, 6.07) is 10.6. The van der Waals surface area contributed by atoms with Gasteiger partial charge in [-0.15, -0.1) is 0 Å². The predicted octanol–water partition coefficient (Wildman–Crippen LogP) is 2.23. The summed E-state index contributed by atoms with van der Waals surface area (Å²) in [6.07, 6.45) is 3.01. The zero-order chi connectivity index (χ0) is 11.8. The summed E-state index contributed by atoms with van der Waals surface area (Å²) in [5, 5.41) is 0. The Morgan fingerprint density at radius 3 is 2.56 bits per heavy atom. The number of benzene rings is 1. The second kappa shape index (κ2) is 7.36. The highest BCUT2D eigenvalue weighted by atomic mass is 32.1. The molecular weight excluding hydrogens is 216 g/mol. The van der Waals surface area contributed by atoms with E-state index in [1.807, 2.05) is 0 Å². The maximum absolute atomic E-state index is 5.46. The topological polar surface area (TPSA) is 29.3 Å². The lowest BCUT2D eigenvalue weighted by Crippen LogP contribution is -2.23. The minimum atomic E-state index is 0.622. The summed E-state index contributed by atoms with van der Waals surface area (Å²) in [6.45, 7) is 2.14. The molecule has 1 rings (SSSR count). The molecular formula is C13H20N2S. The van der Waals surface area contributed by atoms with E-state index in [-0.39, 0.29) is 0 Å². The summed E-state index contributed by atoms with van der Waals surface area (Å²) in [7, 11) is 2.14. The van der Waals surface area contributed by atoms with Crippen molar-refractivity contribution in [3.63, 3.8) is 0 Å². The van der Waals surface area contributed by atoms with Crippen LogP contribution in [0.2, 0.25) is 0 Å². The van der Waals surface area contributed by atoms with Gasteiger partial charge in [-0.3, -0.25) is 0 Å². The highest BCUT2D eigenvalue weighted by Crippen LogP contribution is 2.01. The van der Waals surface area contributed by atoms with Crippen LogP contribution in [0.15, 0.2) is 30.3 Å². The Balaban J connectivity index is 2.15. The van der Waals surface area contributed by atoms with E-state index in [1.54, 1.807) is 0 Å². The monoisotopic (exact) mass is 236 g/mol. The van der Waals surface area contributed by atoms with Crippen molar-refractivity contribution in [2.45, 2.75) is 19.3 Å². The maximum atomic E-state index is 5.46. The molecule has 0 aliphatic heterocycles. The van der Waals surface area contributed by atoms with Crippen LogP contribution in [-0.2, 0) is 6.42 Å². The number of hydrogen-bond acceptors (Lipinski definition) is 2. The quantitative estimate of drug-likeness (QED) is 0.736. The Labute approximate surface area is 103 Å². The van der Waals surface area contributed by atoms with Gasteiger partial charge in [-0.2, -0.15) is 0 Å². The van der Waals surface area contributed by atoms with Gasteiger partial charge in [0.25, 0.3) is 0 Å². The molecule has 0 aliphatic rings. The van der Waals surface area contributed by atoms with Crippen LogP contribution in [0.5, 0.6) is 0 Å². The van der Waals surface area contributed by atoms with Gasteiger partial charge in [-0.25, -0.2) is 0 Å². The van der Waals surface area contributed by atoms with Crippen LogP contribution in [0, 0.1) is 0 Å². The highest BCUT2D eigenvalue weighted by Gasteiger charge is 1.99. The Hall–Kier alpha value is -0.930. The number of likely N-dealkylation sites (N-methyl/N-ethyl adjacent to an activating group) is 1. The van der Waals surface area contributed by atoms with Crippen molar-refractivity contribution in [3.8, 4) is 0 Å². The van der Waals surface area contributed by atoms with Gasteiger partial charge < -0.3 is 10.6 Å². The number of thiocarbonyl (C=S) groups is 1. The molecule has 16 heavy (non-hydrogen) atoms. The molecule has 0 amide bonds. The molecule has 2 nitrogen and oxygen atoms in total. The lowest BCUT2D eigenvalue weighted by molar-refractivity contribution is 0.336. The Morgan fingerprint density at radius 2 is 1.94 bits per heavy atom. The first-order chi connectivity index (χ1) is 7.68.